The first-order valence-electron chi connectivity index (χ1n) is 6.50. The third kappa shape index (κ3) is 4.59. The highest BCUT2D eigenvalue weighted by atomic mass is 32.2. The SMILES string of the molecule is COC(=O)NC(=O)[C@@H](C)Sc1nnc(Cc2ccccc2)o1. The summed E-state index contributed by atoms with van der Waals surface area (Å²) in [7, 11) is 1.19. The molecule has 8 heteroatoms. The minimum Gasteiger partial charge on any atom is -0.453 e. The maximum atomic E-state index is 11.7. The van der Waals surface area contributed by atoms with Gasteiger partial charge in [0, 0.05) is 0 Å². The van der Waals surface area contributed by atoms with E-state index in [1.54, 1.807) is 6.92 Å². The highest BCUT2D eigenvalue weighted by Gasteiger charge is 2.20. The maximum absolute atomic E-state index is 11.7. The highest BCUT2D eigenvalue weighted by molar-refractivity contribution is 8.00. The molecule has 22 heavy (non-hydrogen) atoms. The van der Waals surface area contributed by atoms with E-state index in [4.69, 9.17) is 4.42 Å². The van der Waals surface area contributed by atoms with Gasteiger partial charge < -0.3 is 9.15 Å². The van der Waals surface area contributed by atoms with Crippen LogP contribution >= 0.6 is 11.8 Å². The average Bonchev–Trinajstić information content (AvgIpc) is 2.95. The number of benzene rings is 1. The number of nitrogens with zero attached hydrogens (tertiary/aromatic N) is 2. The van der Waals surface area contributed by atoms with Crippen LogP contribution < -0.4 is 5.32 Å². The number of carbonyl (C=O) groups excluding carboxylic acids is 2. The molecule has 0 unspecified atom stereocenters. The lowest BCUT2D eigenvalue weighted by Crippen LogP contribution is -2.35. The van der Waals surface area contributed by atoms with Crippen LogP contribution in [0.2, 0.25) is 0 Å². The van der Waals surface area contributed by atoms with Gasteiger partial charge in [0.25, 0.3) is 5.22 Å². The second-order valence-corrected chi connectivity index (χ2v) is 5.66. The van der Waals surface area contributed by atoms with Crippen molar-refractivity contribution in [1.29, 1.82) is 0 Å². The monoisotopic (exact) mass is 321 g/mol. The summed E-state index contributed by atoms with van der Waals surface area (Å²) in [5.74, 6) is -0.0195. The first kappa shape index (κ1) is 16.0. The predicted octanol–water partition coefficient (Wildman–Crippen LogP) is 2.02. The fourth-order valence-electron chi connectivity index (χ4n) is 1.59. The van der Waals surface area contributed by atoms with Crippen molar-refractivity contribution in [2.75, 3.05) is 7.11 Å². The zero-order valence-electron chi connectivity index (χ0n) is 12.1. The fraction of sp³-hybridized carbons (Fsp3) is 0.286. The summed E-state index contributed by atoms with van der Waals surface area (Å²) in [5.41, 5.74) is 1.05. The molecule has 1 N–H and O–H groups in total. The van der Waals surface area contributed by atoms with Crippen molar-refractivity contribution in [3.8, 4) is 0 Å². The van der Waals surface area contributed by atoms with Gasteiger partial charge in [0.15, 0.2) is 0 Å². The highest BCUT2D eigenvalue weighted by Crippen LogP contribution is 2.22. The first-order chi connectivity index (χ1) is 10.6. The van der Waals surface area contributed by atoms with Gasteiger partial charge in [-0.15, -0.1) is 10.2 Å². The zero-order chi connectivity index (χ0) is 15.9. The Balaban J connectivity index is 1.91. The quantitative estimate of drug-likeness (QED) is 0.842. The van der Waals surface area contributed by atoms with Crippen molar-refractivity contribution in [3.05, 3.63) is 41.8 Å². The molecule has 1 aromatic heterocycles. The van der Waals surface area contributed by atoms with Crippen molar-refractivity contribution in [2.24, 2.45) is 0 Å². The minimum atomic E-state index is -0.798. The summed E-state index contributed by atoms with van der Waals surface area (Å²) >= 11 is 1.08. The molecule has 0 saturated heterocycles. The summed E-state index contributed by atoms with van der Waals surface area (Å²) in [6, 6.07) is 9.72. The van der Waals surface area contributed by atoms with Crippen LogP contribution in [-0.2, 0) is 16.0 Å². The second kappa shape index (κ2) is 7.60. The van der Waals surface area contributed by atoms with Gasteiger partial charge in [0.1, 0.15) is 0 Å². The van der Waals surface area contributed by atoms with Crippen LogP contribution in [0.15, 0.2) is 40.0 Å². The standard InChI is InChI=1S/C14H15N3O4S/c1-9(12(18)15-13(19)20-2)22-14-17-16-11(21-14)8-10-6-4-3-5-7-10/h3-7,9H,8H2,1-2H3,(H,15,18,19)/t9-/m1/s1. The van der Waals surface area contributed by atoms with Crippen LogP contribution in [-0.4, -0.2) is 34.6 Å². The molecule has 1 atom stereocenters. The molecule has 7 nitrogen and oxygen atoms in total. The molecular weight excluding hydrogens is 306 g/mol. The number of methoxy groups -OCH3 is 1. The number of amides is 2. The lowest BCUT2D eigenvalue weighted by molar-refractivity contribution is -0.119. The van der Waals surface area contributed by atoms with E-state index in [0.29, 0.717) is 12.3 Å². The number of nitrogens with one attached hydrogen (secondary N) is 1. The number of thioether (sulfide) groups is 1. The molecule has 0 aliphatic carbocycles. The number of hydrogen-bond donors (Lipinski definition) is 1. The fourth-order valence-corrected chi connectivity index (χ4v) is 2.29. The molecule has 0 spiro atoms. The van der Waals surface area contributed by atoms with Crippen molar-refractivity contribution in [1.82, 2.24) is 15.5 Å². The van der Waals surface area contributed by atoms with E-state index in [2.05, 4.69) is 20.3 Å². The Kier molecular flexibility index (Phi) is 5.54. The predicted molar refractivity (Wildman–Crippen MR) is 79.4 cm³/mol. The van der Waals surface area contributed by atoms with Gasteiger partial charge in [-0.3, -0.25) is 10.1 Å². The molecule has 1 heterocycles. The molecule has 2 amide bonds. The lowest BCUT2D eigenvalue weighted by Gasteiger charge is -2.07. The van der Waals surface area contributed by atoms with Crippen molar-refractivity contribution >= 4 is 23.8 Å². The van der Waals surface area contributed by atoms with Crippen LogP contribution in [0.5, 0.6) is 0 Å². The largest absolute Gasteiger partial charge is 0.453 e. The van der Waals surface area contributed by atoms with Crippen molar-refractivity contribution in [3.63, 3.8) is 0 Å². The van der Waals surface area contributed by atoms with E-state index < -0.39 is 17.3 Å². The Labute approximate surface area is 131 Å². The number of hydrogen-bond acceptors (Lipinski definition) is 7. The van der Waals surface area contributed by atoms with E-state index in [0.717, 1.165) is 17.3 Å². The molecule has 0 saturated carbocycles. The summed E-state index contributed by atoms with van der Waals surface area (Å²) in [5, 5.41) is 9.62. The molecular formula is C14H15N3O4S. The number of alkyl carbamates (subject to hydrolysis) is 1. The second-order valence-electron chi connectivity index (χ2n) is 4.36. The molecule has 0 aliphatic rings. The number of imide groups is 1. The lowest BCUT2D eigenvalue weighted by atomic mass is 10.2. The van der Waals surface area contributed by atoms with Crippen molar-refractivity contribution in [2.45, 2.75) is 23.8 Å². The molecule has 0 aliphatic heterocycles. The third-order valence-corrected chi connectivity index (χ3v) is 3.64. The van der Waals surface area contributed by atoms with Gasteiger partial charge in [-0.1, -0.05) is 42.1 Å². The van der Waals surface area contributed by atoms with Gasteiger partial charge in [-0.2, -0.15) is 0 Å². The summed E-state index contributed by atoms with van der Waals surface area (Å²) in [4.78, 5) is 22.7. The topological polar surface area (TPSA) is 94.3 Å². The van der Waals surface area contributed by atoms with Gasteiger partial charge in [-0.05, 0) is 12.5 Å². The molecule has 0 radical (unpaired) electrons. The van der Waals surface area contributed by atoms with Gasteiger partial charge >= 0.3 is 6.09 Å². The Morgan fingerprint density at radius 1 is 1.32 bits per heavy atom. The zero-order valence-corrected chi connectivity index (χ0v) is 12.9. The van der Waals surface area contributed by atoms with Gasteiger partial charge in [-0.25, -0.2) is 4.79 Å². The average molecular weight is 321 g/mol. The Morgan fingerprint density at radius 3 is 2.73 bits per heavy atom. The van der Waals surface area contributed by atoms with E-state index in [-0.39, 0.29) is 5.22 Å². The third-order valence-electron chi connectivity index (χ3n) is 2.70. The van der Waals surface area contributed by atoms with E-state index in [1.165, 1.54) is 7.11 Å². The molecule has 116 valence electrons. The number of aromatic nitrogens is 2. The summed E-state index contributed by atoms with van der Waals surface area (Å²) in [6.07, 6.45) is -0.273. The van der Waals surface area contributed by atoms with Gasteiger partial charge in [0.2, 0.25) is 11.8 Å². The normalized spacial score (nSPS) is 11.7. The minimum absolute atomic E-state index is 0.276. The summed E-state index contributed by atoms with van der Waals surface area (Å²) < 4.78 is 9.84. The van der Waals surface area contributed by atoms with E-state index >= 15 is 0 Å². The van der Waals surface area contributed by atoms with Crippen LogP contribution in [0.1, 0.15) is 18.4 Å². The number of carbonyl (C=O) groups is 2. The number of rotatable bonds is 5. The molecule has 2 aromatic rings. The number of ether oxygens (including phenoxy) is 1. The van der Waals surface area contributed by atoms with E-state index in [1.807, 2.05) is 30.3 Å². The molecule has 1 aromatic carbocycles. The molecule has 0 bridgehead atoms. The molecule has 0 fully saturated rings. The van der Waals surface area contributed by atoms with Crippen LogP contribution in [0.4, 0.5) is 4.79 Å². The van der Waals surface area contributed by atoms with Crippen LogP contribution in [0, 0.1) is 0 Å². The first-order valence-corrected chi connectivity index (χ1v) is 7.38. The Bertz CT molecular complexity index is 645. The smallest absolute Gasteiger partial charge is 0.413 e. The summed E-state index contributed by atoms with van der Waals surface area (Å²) in [6.45, 7) is 1.63. The van der Waals surface area contributed by atoms with Crippen molar-refractivity contribution < 1.29 is 18.7 Å². The molecule has 2 rings (SSSR count). The van der Waals surface area contributed by atoms with Gasteiger partial charge in [0.05, 0.1) is 18.8 Å². The Morgan fingerprint density at radius 2 is 2.05 bits per heavy atom. The maximum Gasteiger partial charge on any atom is 0.413 e. The van der Waals surface area contributed by atoms with E-state index in [9.17, 15) is 9.59 Å². The Hall–Kier alpha value is -2.35. The van der Waals surface area contributed by atoms with Crippen LogP contribution in [0.3, 0.4) is 0 Å². The van der Waals surface area contributed by atoms with Crippen LogP contribution in [0.25, 0.3) is 0 Å².